The minimum Gasteiger partial charge on any atom is -0.349 e. The van der Waals surface area contributed by atoms with Crippen molar-refractivity contribution in [1.82, 2.24) is 10.0 Å². The summed E-state index contributed by atoms with van der Waals surface area (Å²) in [6.45, 7) is 2.32. The molecule has 2 N–H and O–H groups in total. The zero-order valence-electron chi connectivity index (χ0n) is 13.7. The number of amides is 1. The predicted molar refractivity (Wildman–Crippen MR) is 90.9 cm³/mol. The molecule has 0 atom stereocenters. The van der Waals surface area contributed by atoms with Gasteiger partial charge in [0.2, 0.25) is 10.0 Å². The molecule has 1 aliphatic rings. The number of nitrogens with one attached hydrogen (secondary N) is 2. The summed E-state index contributed by atoms with van der Waals surface area (Å²) >= 11 is 0. The molecule has 1 aromatic rings. The van der Waals surface area contributed by atoms with Gasteiger partial charge in [0, 0.05) is 18.2 Å². The van der Waals surface area contributed by atoms with Crippen LogP contribution >= 0.6 is 0 Å². The zero-order valence-corrected chi connectivity index (χ0v) is 14.5. The second-order valence-corrected chi connectivity index (χ2v) is 7.85. The van der Waals surface area contributed by atoms with Gasteiger partial charge in [0.25, 0.3) is 5.91 Å². The number of sulfonamides is 1. The highest BCUT2D eigenvalue weighted by Gasteiger charge is 2.17. The molecule has 1 aromatic carbocycles. The van der Waals surface area contributed by atoms with E-state index in [1.54, 1.807) is 12.1 Å². The van der Waals surface area contributed by atoms with E-state index < -0.39 is 10.0 Å². The van der Waals surface area contributed by atoms with Crippen molar-refractivity contribution in [2.24, 2.45) is 0 Å². The summed E-state index contributed by atoms with van der Waals surface area (Å²) < 4.78 is 26.5. The molecule has 1 saturated carbocycles. The molecule has 0 radical (unpaired) electrons. The molecule has 6 heteroatoms. The van der Waals surface area contributed by atoms with Gasteiger partial charge in [-0.05, 0) is 43.5 Å². The van der Waals surface area contributed by atoms with Crippen LogP contribution in [0.2, 0.25) is 0 Å². The smallest absolute Gasteiger partial charge is 0.251 e. The van der Waals surface area contributed by atoms with Crippen LogP contribution in [0.5, 0.6) is 0 Å². The van der Waals surface area contributed by atoms with E-state index in [0.717, 1.165) is 32.1 Å². The van der Waals surface area contributed by atoms with E-state index in [1.807, 2.05) is 6.92 Å². The van der Waals surface area contributed by atoms with Gasteiger partial charge in [0.1, 0.15) is 0 Å². The largest absolute Gasteiger partial charge is 0.349 e. The number of hydrogen-bond acceptors (Lipinski definition) is 3. The Morgan fingerprint density at radius 1 is 1.09 bits per heavy atom. The van der Waals surface area contributed by atoms with Crippen LogP contribution in [0.4, 0.5) is 0 Å². The van der Waals surface area contributed by atoms with Crippen molar-refractivity contribution in [1.29, 1.82) is 0 Å². The standard InChI is InChI=1S/C17H26N2O3S/c1-2-13-18-23(21,22)16-11-9-14(10-12-16)17(20)19-15-7-5-3-4-6-8-15/h9-12,15,18H,2-8,13H2,1H3,(H,19,20). The molecular formula is C17H26N2O3S. The van der Waals surface area contributed by atoms with Crippen LogP contribution in [0.3, 0.4) is 0 Å². The average molecular weight is 338 g/mol. The van der Waals surface area contributed by atoms with Gasteiger partial charge in [-0.15, -0.1) is 0 Å². The maximum absolute atomic E-state index is 12.3. The van der Waals surface area contributed by atoms with Crippen LogP contribution in [-0.4, -0.2) is 26.9 Å². The third kappa shape index (κ3) is 5.32. The summed E-state index contributed by atoms with van der Waals surface area (Å²) in [6, 6.07) is 6.36. The Morgan fingerprint density at radius 3 is 2.26 bits per heavy atom. The van der Waals surface area contributed by atoms with Crippen molar-refractivity contribution in [3.8, 4) is 0 Å². The van der Waals surface area contributed by atoms with Crippen molar-refractivity contribution < 1.29 is 13.2 Å². The fourth-order valence-electron chi connectivity index (χ4n) is 2.80. The molecular weight excluding hydrogens is 312 g/mol. The third-order valence-corrected chi connectivity index (χ3v) is 5.64. The highest BCUT2D eigenvalue weighted by molar-refractivity contribution is 7.89. The van der Waals surface area contributed by atoms with Crippen LogP contribution in [0.25, 0.3) is 0 Å². The van der Waals surface area contributed by atoms with Crippen LogP contribution in [0.1, 0.15) is 62.2 Å². The number of benzene rings is 1. The lowest BCUT2D eigenvalue weighted by Gasteiger charge is -2.16. The van der Waals surface area contributed by atoms with Gasteiger partial charge < -0.3 is 5.32 Å². The van der Waals surface area contributed by atoms with Crippen molar-refractivity contribution in [2.45, 2.75) is 62.8 Å². The fraction of sp³-hybridized carbons (Fsp3) is 0.588. The van der Waals surface area contributed by atoms with Gasteiger partial charge in [-0.2, -0.15) is 0 Å². The van der Waals surface area contributed by atoms with E-state index in [0.29, 0.717) is 12.1 Å². The SMILES string of the molecule is CCCNS(=O)(=O)c1ccc(C(=O)NC2CCCCCC2)cc1. The van der Waals surface area contributed by atoms with E-state index in [-0.39, 0.29) is 16.8 Å². The molecule has 0 heterocycles. The van der Waals surface area contributed by atoms with Crippen LogP contribution in [-0.2, 0) is 10.0 Å². The summed E-state index contributed by atoms with van der Waals surface area (Å²) in [6.07, 6.45) is 7.59. The number of rotatable bonds is 6. The van der Waals surface area contributed by atoms with Crippen molar-refractivity contribution in [3.63, 3.8) is 0 Å². The van der Waals surface area contributed by atoms with E-state index in [1.165, 1.54) is 25.0 Å². The molecule has 0 aromatic heterocycles. The molecule has 0 unspecified atom stereocenters. The predicted octanol–water partition coefficient (Wildman–Crippen LogP) is 2.83. The van der Waals surface area contributed by atoms with Gasteiger partial charge in [-0.25, -0.2) is 13.1 Å². The lowest BCUT2D eigenvalue weighted by atomic mass is 10.1. The van der Waals surface area contributed by atoms with E-state index in [9.17, 15) is 13.2 Å². The van der Waals surface area contributed by atoms with Crippen molar-refractivity contribution in [2.75, 3.05) is 6.54 Å². The lowest BCUT2D eigenvalue weighted by molar-refractivity contribution is 0.0933. The van der Waals surface area contributed by atoms with Crippen LogP contribution in [0, 0.1) is 0 Å². The summed E-state index contributed by atoms with van der Waals surface area (Å²) in [5.41, 5.74) is 0.503. The Hall–Kier alpha value is -1.40. The number of hydrogen-bond donors (Lipinski definition) is 2. The molecule has 128 valence electrons. The molecule has 1 fully saturated rings. The summed E-state index contributed by atoms with van der Waals surface area (Å²) in [5, 5.41) is 3.06. The normalized spacial score (nSPS) is 16.7. The quantitative estimate of drug-likeness (QED) is 0.783. The van der Waals surface area contributed by atoms with Gasteiger partial charge in [-0.3, -0.25) is 4.79 Å². The molecule has 0 saturated heterocycles. The number of carbonyl (C=O) groups is 1. The average Bonchev–Trinajstić information content (AvgIpc) is 2.82. The molecule has 2 rings (SSSR count). The highest BCUT2D eigenvalue weighted by atomic mass is 32.2. The summed E-state index contributed by atoms with van der Waals surface area (Å²) in [4.78, 5) is 12.5. The maximum Gasteiger partial charge on any atom is 0.251 e. The maximum atomic E-state index is 12.3. The molecule has 23 heavy (non-hydrogen) atoms. The summed E-state index contributed by atoms with van der Waals surface area (Å²) in [7, 11) is -3.48. The Kier molecular flexibility index (Phi) is 6.59. The highest BCUT2D eigenvalue weighted by Crippen LogP contribution is 2.18. The van der Waals surface area contributed by atoms with Gasteiger partial charge >= 0.3 is 0 Å². The molecule has 0 bridgehead atoms. The fourth-order valence-corrected chi connectivity index (χ4v) is 3.93. The monoisotopic (exact) mass is 338 g/mol. The molecule has 0 spiro atoms. The van der Waals surface area contributed by atoms with Gasteiger partial charge in [0.15, 0.2) is 0 Å². The Balaban J connectivity index is 1.99. The minimum atomic E-state index is -3.48. The summed E-state index contributed by atoms with van der Waals surface area (Å²) in [5.74, 6) is -0.123. The first-order valence-corrected chi connectivity index (χ1v) is 9.92. The third-order valence-electron chi connectivity index (χ3n) is 4.16. The van der Waals surface area contributed by atoms with Crippen LogP contribution in [0.15, 0.2) is 29.2 Å². The number of carbonyl (C=O) groups excluding carboxylic acids is 1. The van der Waals surface area contributed by atoms with E-state index >= 15 is 0 Å². The second kappa shape index (κ2) is 8.45. The molecule has 1 aliphatic carbocycles. The minimum absolute atomic E-state index is 0.123. The second-order valence-electron chi connectivity index (χ2n) is 6.08. The first kappa shape index (κ1) is 17.9. The molecule has 1 amide bonds. The van der Waals surface area contributed by atoms with Gasteiger partial charge in [0.05, 0.1) is 4.90 Å². The van der Waals surface area contributed by atoms with E-state index in [4.69, 9.17) is 0 Å². The lowest BCUT2D eigenvalue weighted by Crippen LogP contribution is -2.34. The van der Waals surface area contributed by atoms with E-state index in [2.05, 4.69) is 10.0 Å². The Labute approximate surface area is 138 Å². The van der Waals surface area contributed by atoms with Crippen molar-refractivity contribution in [3.05, 3.63) is 29.8 Å². The first-order chi connectivity index (χ1) is 11.0. The van der Waals surface area contributed by atoms with Crippen LogP contribution < -0.4 is 10.0 Å². The van der Waals surface area contributed by atoms with Crippen molar-refractivity contribution >= 4 is 15.9 Å². The topological polar surface area (TPSA) is 75.3 Å². The Bertz CT molecular complexity index is 603. The molecule has 0 aliphatic heterocycles. The van der Waals surface area contributed by atoms with Gasteiger partial charge in [-0.1, -0.05) is 32.6 Å². The molecule has 5 nitrogen and oxygen atoms in total. The zero-order chi connectivity index (χ0) is 16.7. The Morgan fingerprint density at radius 2 is 1.70 bits per heavy atom. The first-order valence-electron chi connectivity index (χ1n) is 8.43.